The molecule has 0 amide bonds. The highest BCUT2D eigenvalue weighted by atomic mass is 35.5. The summed E-state index contributed by atoms with van der Waals surface area (Å²) in [5.41, 5.74) is 0.0235. The molecule has 5 heteroatoms. The average molecular weight is 247 g/mol. The van der Waals surface area contributed by atoms with Crippen LogP contribution in [0.3, 0.4) is 0 Å². The lowest BCUT2D eigenvalue weighted by molar-refractivity contribution is -0.139. The highest BCUT2D eigenvalue weighted by Crippen LogP contribution is 2.29. The topological polar surface area (TPSA) is 46.5 Å². The fourth-order valence-electron chi connectivity index (χ4n) is 0.979. The Hall–Kier alpha value is -0.840. The molecule has 15 heavy (non-hydrogen) atoms. The minimum Gasteiger partial charge on any atom is -0.463 e. The normalized spacial score (nSPS) is 12.2. The van der Waals surface area contributed by atoms with Gasteiger partial charge < -0.3 is 9.84 Å². The Kier molecular flexibility index (Phi) is 4.32. The third-order valence-electron chi connectivity index (χ3n) is 1.72. The molecule has 1 rings (SSSR count). The Labute approximate surface area is 96.9 Å². The lowest BCUT2D eigenvalue weighted by atomic mass is 10.1. The van der Waals surface area contributed by atoms with Gasteiger partial charge in [-0.25, -0.2) is 4.79 Å². The number of esters is 1. The Morgan fingerprint density at radius 3 is 2.93 bits per heavy atom. The summed E-state index contributed by atoms with van der Waals surface area (Å²) in [4.78, 5) is 11.8. The van der Waals surface area contributed by atoms with E-state index in [0.717, 1.165) is 0 Å². The van der Waals surface area contributed by atoms with Crippen molar-refractivity contribution >= 4 is 28.9 Å². The Bertz CT molecular complexity index is 372. The second-order valence-corrected chi connectivity index (χ2v) is 4.19. The van der Waals surface area contributed by atoms with Gasteiger partial charge in [-0.05, 0) is 13.0 Å². The molecule has 1 unspecified atom stereocenters. The molecule has 1 N–H and O–H groups in total. The first-order chi connectivity index (χ1) is 7.06. The van der Waals surface area contributed by atoms with Gasteiger partial charge in [0, 0.05) is 10.3 Å². The molecule has 0 aromatic carbocycles. The maximum absolute atomic E-state index is 11.3. The quantitative estimate of drug-likeness (QED) is 0.656. The maximum atomic E-state index is 11.3. The molecule has 0 saturated carbocycles. The van der Waals surface area contributed by atoms with Crippen LogP contribution in [-0.2, 0) is 9.53 Å². The third-order valence-corrected chi connectivity index (χ3v) is 3.06. The molecule has 1 heterocycles. The first-order valence-electron chi connectivity index (χ1n) is 4.34. The van der Waals surface area contributed by atoms with Gasteiger partial charge in [0.15, 0.2) is 0 Å². The van der Waals surface area contributed by atoms with Gasteiger partial charge in [-0.15, -0.1) is 11.3 Å². The number of aliphatic hydroxyl groups is 1. The van der Waals surface area contributed by atoms with Crippen molar-refractivity contribution in [3.05, 3.63) is 33.5 Å². The van der Waals surface area contributed by atoms with Crippen molar-refractivity contribution in [3.8, 4) is 0 Å². The molecule has 1 atom stereocenters. The van der Waals surface area contributed by atoms with E-state index in [1.54, 1.807) is 18.4 Å². The van der Waals surface area contributed by atoms with Crippen LogP contribution in [0.15, 0.2) is 23.6 Å². The SMILES string of the molecule is C=C(C(=O)OCC)C(O)c1cc(Cl)cs1. The Morgan fingerprint density at radius 2 is 2.47 bits per heavy atom. The predicted octanol–water partition coefficient (Wildman–Crippen LogP) is 2.55. The van der Waals surface area contributed by atoms with Crippen LogP contribution in [0, 0.1) is 0 Å². The molecule has 0 aliphatic carbocycles. The molecule has 0 aliphatic rings. The van der Waals surface area contributed by atoms with E-state index in [4.69, 9.17) is 16.3 Å². The van der Waals surface area contributed by atoms with E-state index in [1.807, 2.05) is 0 Å². The largest absolute Gasteiger partial charge is 0.463 e. The van der Waals surface area contributed by atoms with Gasteiger partial charge >= 0.3 is 5.97 Å². The summed E-state index contributed by atoms with van der Waals surface area (Å²) in [6.07, 6.45) is -1.04. The lowest BCUT2D eigenvalue weighted by Gasteiger charge is -2.10. The minimum atomic E-state index is -1.04. The van der Waals surface area contributed by atoms with E-state index >= 15 is 0 Å². The molecule has 0 saturated heterocycles. The van der Waals surface area contributed by atoms with E-state index in [-0.39, 0.29) is 12.2 Å². The molecule has 0 aliphatic heterocycles. The van der Waals surface area contributed by atoms with E-state index in [9.17, 15) is 9.90 Å². The molecular weight excluding hydrogens is 236 g/mol. The standard InChI is InChI=1S/C10H11ClO3S/c1-3-14-10(13)6(2)9(12)8-4-7(11)5-15-8/h4-5,9,12H,2-3H2,1H3. The Balaban J connectivity index is 2.72. The van der Waals surface area contributed by atoms with Crippen molar-refractivity contribution in [3.63, 3.8) is 0 Å². The summed E-state index contributed by atoms with van der Waals surface area (Å²) >= 11 is 6.97. The van der Waals surface area contributed by atoms with E-state index in [1.165, 1.54) is 11.3 Å². The van der Waals surface area contributed by atoms with Crippen LogP contribution in [0.1, 0.15) is 17.9 Å². The summed E-state index contributed by atoms with van der Waals surface area (Å²) in [5, 5.41) is 12.0. The molecule has 0 radical (unpaired) electrons. The summed E-state index contributed by atoms with van der Waals surface area (Å²) in [6, 6.07) is 1.60. The fraction of sp³-hybridized carbons (Fsp3) is 0.300. The molecular formula is C10H11ClO3S. The maximum Gasteiger partial charge on any atom is 0.336 e. The van der Waals surface area contributed by atoms with E-state index in [0.29, 0.717) is 9.90 Å². The summed E-state index contributed by atoms with van der Waals surface area (Å²) in [7, 11) is 0. The zero-order valence-electron chi connectivity index (χ0n) is 8.20. The van der Waals surface area contributed by atoms with Crippen LogP contribution in [0.25, 0.3) is 0 Å². The first kappa shape index (κ1) is 12.2. The summed E-state index contributed by atoms with van der Waals surface area (Å²) in [6.45, 7) is 5.45. The second kappa shape index (κ2) is 5.30. The molecule has 3 nitrogen and oxygen atoms in total. The van der Waals surface area contributed by atoms with Crippen molar-refractivity contribution in [1.82, 2.24) is 0 Å². The van der Waals surface area contributed by atoms with Crippen LogP contribution in [0.4, 0.5) is 0 Å². The van der Waals surface area contributed by atoms with Crippen LogP contribution >= 0.6 is 22.9 Å². The predicted molar refractivity (Wildman–Crippen MR) is 60.1 cm³/mol. The Morgan fingerprint density at radius 1 is 1.80 bits per heavy atom. The van der Waals surface area contributed by atoms with Gasteiger partial charge in [0.2, 0.25) is 0 Å². The van der Waals surface area contributed by atoms with Gasteiger partial charge in [0.1, 0.15) is 6.10 Å². The number of ether oxygens (including phenoxy) is 1. The van der Waals surface area contributed by atoms with Gasteiger partial charge in [0.25, 0.3) is 0 Å². The zero-order valence-corrected chi connectivity index (χ0v) is 9.77. The second-order valence-electron chi connectivity index (χ2n) is 2.82. The van der Waals surface area contributed by atoms with Gasteiger partial charge in [-0.3, -0.25) is 0 Å². The minimum absolute atomic E-state index is 0.0235. The average Bonchev–Trinajstić information content (AvgIpc) is 2.63. The van der Waals surface area contributed by atoms with Crippen LogP contribution < -0.4 is 0 Å². The van der Waals surface area contributed by atoms with Crippen molar-refractivity contribution in [2.75, 3.05) is 6.61 Å². The lowest BCUT2D eigenvalue weighted by Crippen LogP contribution is -2.12. The number of thiophene rings is 1. The van der Waals surface area contributed by atoms with Gasteiger partial charge in [-0.1, -0.05) is 18.2 Å². The first-order valence-corrected chi connectivity index (χ1v) is 5.60. The van der Waals surface area contributed by atoms with Crippen molar-refractivity contribution in [2.45, 2.75) is 13.0 Å². The van der Waals surface area contributed by atoms with Crippen molar-refractivity contribution < 1.29 is 14.6 Å². The van der Waals surface area contributed by atoms with Gasteiger partial charge in [0.05, 0.1) is 17.2 Å². The molecule has 0 fully saturated rings. The highest BCUT2D eigenvalue weighted by molar-refractivity contribution is 7.10. The smallest absolute Gasteiger partial charge is 0.336 e. The van der Waals surface area contributed by atoms with Crippen LogP contribution in [-0.4, -0.2) is 17.7 Å². The summed E-state index contributed by atoms with van der Waals surface area (Å²) < 4.78 is 4.73. The van der Waals surface area contributed by atoms with Gasteiger partial charge in [-0.2, -0.15) is 0 Å². The highest BCUT2D eigenvalue weighted by Gasteiger charge is 2.20. The number of halogens is 1. The zero-order chi connectivity index (χ0) is 11.4. The van der Waals surface area contributed by atoms with Crippen LogP contribution in [0.2, 0.25) is 5.02 Å². The number of carbonyl (C=O) groups excluding carboxylic acids is 1. The van der Waals surface area contributed by atoms with Crippen LogP contribution in [0.5, 0.6) is 0 Å². The van der Waals surface area contributed by atoms with Crippen molar-refractivity contribution in [2.24, 2.45) is 0 Å². The van der Waals surface area contributed by atoms with E-state index in [2.05, 4.69) is 6.58 Å². The molecule has 0 bridgehead atoms. The number of hydrogen-bond donors (Lipinski definition) is 1. The molecule has 0 spiro atoms. The van der Waals surface area contributed by atoms with E-state index < -0.39 is 12.1 Å². The fourth-order valence-corrected chi connectivity index (χ4v) is 2.08. The molecule has 1 aromatic heterocycles. The summed E-state index contributed by atoms with van der Waals surface area (Å²) in [5.74, 6) is -0.588. The third kappa shape index (κ3) is 3.06. The number of aliphatic hydroxyl groups excluding tert-OH is 1. The molecule has 1 aromatic rings. The number of hydrogen-bond acceptors (Lipinski definition) is 4. The van der Waals surface area contributed by atoms with Crippen molar-refractivity contribution in [1.29, 1.82) is 0 Å². The number of rotatable bonds is 4. The number of carbonyl (C=O) groups is 1. The molecule has 82 valence electrons. The monoisotopic (exact) mass is 246 g/mol.